The van der Waals surface area contributed by atoms with Gasteiger partial charge in [-0.1, -0.05) is 6.92 Å². The molecule has 0 aliphatic carbocycles. The molecule has 2 heterocycles. The molecule has 0 amide bonds. The van der Waals surface area contributed by atoms with Crippen molar-refractivity contribution in [3.8, 4) is 0 Å². The second-order valence-corrected chi connectivity index (χ2v) is 5.19. The SMILES string of the molecule is CCCn1cc(C2(O)CC(C)OC(C)C2)cn1. The van der Waals surface area contributed by atoms with Gasteiger partial charge in [0.2, 0.25) is 0 Å². The molecule has 0 saturated carbocycles. The van der Waals surface area contributed by atoms with Crippen LogP contribution in [0.5, 0.6) is 0 Å². The van der Waals surface area contributed by atoms with Crippen molar-refractivity contribution in [1.29, 1.82) is 0 Å². The summed E-state index contributed by atoms with van der Waals surface area (Å²) >= 11 is 0. The lowest BCUT2D eigenvalue weighted by atomic mass is 9.83. The lowest BCUT2D eigenvalue weighted by Crippen LogP contribution is -2.41. The first-order valence-electron chi connectivity index (χ1n) is 6.44. The highest BCUT2D eigenvalue weighted by Crippen LogP contribution is 2.36. The van der Waals surface area contributed by atoms with Gasteiger partial charge >= 0.3 is 0 Å². The van der Waals surface area contributed by atoms with E-state index in [0.29, 0.717) is 12.8 Å². The van der Waals surface area contributed by atoms with Gasteiger partial charge in [0.15, 0.2) is 0 Å². The number of ether oxygens (including phenoxy) is 1. The molecule has 4 nitrogen and oxygen atoms in total. The lowest BCUT2D eigenvalue weighted by Gasteiger charge is -2.38. The minimum absolute atomic E-state index is 0.0956. The molecule has 96 valence electrons. The van der Waals surface area contributed by atoms with Crippen molar-refractivity contribution in [1.82, 2.24) is 9.78 Å². The minimum Gasteiger partial charge on any atom is -0.385 e. The zero-order valence-corrected chi connectivity index (χ0v) is 10.9. The fourth-order valence-electron chi connectivity index (χ4n) is 2.72. The molecule has 1 aromatic heterocycles. The van der Waals surface area contributed by atoms with Crippen molar-refractivity contribution in [2.45, 2.75) is 64.4 Å². The average molecular weight is 238 g/mol. The van der Waals surface area contributed by atoms with E-state index in [-0.39, 0.29) is 12.2 Å². The molecule has 2 rings (SSSR count). The van der Waals surface area contributed by atoms with Crippen LogP contribution in [0.2, 0.25) is 0 Å². The maximum absolute atomic E-state index is 10.7. The smallest absolute Gasteiger partial charge is 0.0975 e. The van der Waals surface area contributed by atoms with E-state index in [9.17, 15) is 5.11 Å². The molecular formula is C13H22N2O2. The van der Waals surface area contributed by atoms with Crippen LogP contribution in [0.4, 0.5) is 0 Å². The maximum atomic E-state index is 10.7. The Labute approximate surface area is 103 Å². The Morgan fingerprint density at radius 2 is 2.12 bits per heavy atom. The van der Waals surface area contributed by atoms with Crippen LogP contribution in [0.1, 0.15) is 45.6 Å². The van der Waals surface area contributed by atoms with Crippen molar-refractivity contribution in [3.05, 3.63) is 18.0 Å². The molecule has 1 N–H and O–H groups in total. The first kappa shape index (κ1) is 12.6. The molecule has 0 spiro atoms. The van der Waals surface area contributed by atoms with Crippen molar-refractivity contribution in [3.63, 3.8) is 0 Å². The summed E-state index contributed by atoms with van der Waals surface area (Å²) in [6, 6.07) is 0. The molecule has 0 aromatic carbocycles. The molecular weight excluding hydrogens is 216 g/mol. The minimum atomic E-state index is -0.775. The van der Waals surface area contributed by atoms with Crippen LogP contribution in [0.15, 0.2) is 12.4 Å². The van der Waals surface area contributed by atoms with Gasteiger partial charge in [-0.3, -0.25) is 4.68 Å². The quantitative estimate of drug-likeness (QED) is 0.877. The Kier molecular flexibility index (Phi) is 3.54. The number of rotatable bonds is 3. The van der Waals surface area contributed by atoms with Crippen molar-refractivity contribution in [2.75, 3.05) is 0 Å². The number of aromatic nitrogens is 2. The highest BCUT2D eigenvalue weighted by Gasteiger charge is 2.39. The number of hydrogen-bond acceptors (Lipinski definition) is 3. The van der Waals surface area contributed by atoms with Crippen LogP contribution in [0.25, 0.3) is 0 Å². The third-order valence-corrected chi connectivity index (χ3v) is 3.34. The predicted octanol–water partition coefficient (Wildman–Crippen LogP) is 2.07. The molecule has 1 fully saturated rings. The van der Waals surface area contributed by atoms with E-state index in [1.807, 2.05) is 24.7 Å². The van der Waals surface area contributed by atoms with E-state index in [4.69, 9.17) is 4.74 Å². The number of aliphatic hydroxyl groups is 1. The molecule has 2 atom stereocenters. The standard InChI is InChI=1S/C13H22N2O2/c1-4-5-15-9-12(8-14-15)13(16)6-10(2)17-11(3)7-13/h8-11,16H,4-7H2,1-3H3. The summed E-state index contributed by atoms with van der Waals surface area (Å²) in [5, 5.41) is 15.0. The Morgan fingerprint density at radius 3 is 2.71 bits per heavy atom. The molecule has 17 heavy (non-hydrogen) atoms. The molecule has 1 aromatic rings. The number of nitrogens with zero attached hydrogens (tertiary/aromatic N) is 2. The molecule has 0 bridgehead atoms. The average Bonchev–Trinajstić information content (AvgIpc) is 2.65. The number of aryl methyl sites for hydroxylation is 1. The van der Waals surface area contributed by atoms with E-state index >= 15 is 0 Å². The molecule has 1 saturated heterocycles. The van der Waals surface area contributed by atoms with Crippen LogP contribution in [0, 0.1) is 0 Å². The van der Waals surface area contributed by atoms with Gasteiger partial charge in [0.05, 0.1) is 24.0 Å². The third-order valence-electron chi connectivity index (χ3n) is 3.34. The van der Waals surface area contributed by atoms with Gasteiger partial charge < -0.3 is 9.84 Å². The first-order chi connectivity index (χ1) is 8.03. The van der Waals surface area contributed by atoms with Gasteiger partial charge in [-0.15, -0.1) is 0 Å². The second-order valence-electron chi connectivity index (χ2n) is 5.19. The van der Waals surface area contributed by atoms with Gasteiger partial charge in [0, 0.05) is 31.1 Å². The highest BCUT2D eigenvalue weighted by atomic mass is 16.5. The monoisotopic (exact) mass is 238 g/mol. The van der Waals surface area contributed by atoms with Crippen LogP contribution in [-0.4, -0.2) is 27.1 Å². The maximum Gasteiger partial charge on any atom is 0.0975 e. The molecule has 1 aliphatic heterocycles. The van der Waals surface area contributed by atoms with Crippen LogP contribution in [-0.2, 0) is 16.9 Å². The predicted molar refractivity (Wildman–Crippen MR) is 65.7 cm³/mol. The summed E-state index contributed by atoms with van der Waals surface area (Å²) in [7, 11) is 0. The Balaban J connectivity index is 2.18. The van der Waals surface area contributed by atoms with E-state index in [1.54, 1.807) is 6.20 Å². The fourth-order valence-corrected chi connectivity index (χ4v) is 2.72. The third kappa shape index (κ3) is 2.69. The zero-order valence-electron chi connectivity index (χ0n) is 10.9. The first-order valence-corrected chi connectivity index (χ1v) is 6.44. The molecule has 4 heteroatoms. The summed E-state index contributed by atoms with van der Waals surface area (Å²) in [4.78, 5) is 0. The van der Waals surface area contributed by atoms with E-state index in [0.717, 1.165) is 18.5 Å². The van der Waals surface area contributed by atoms with Gasteiger partial charge in [-0.2, -0.15) is 5.10 Å². The van der Waals surface area contributed by atoms with Gasteiger partial charge in [0.25, 0.3) is 0 Å². The van der Waals surface area contributed by atoms with Gasteiger partial charge in [-0.05, 0) is 20.3 Å². The summed E-state index contributed by atoms with van der Waals surface area (Å²) in [6.45, 7) is 7.04. The highest BCUT2D eigenvalue weighted by molar-refractivity contribution is 5.17. The summed E-state index contributed by atoms with van der Waals surface area (Å²) < 4.78 is 7.57. The Morgan fingerprint density at radius 1 is 1.47 bits per heavy atom. The summed E-state index contributed by atoms with van der Waals surface area (Å²) in [5.74, 6) is 0. The number of hydrogen-bond donors (Lipinski definition) is 1. The van der Waals surface area contributed by atoms with Gasteiger partial charge in [0.1, 0.15) is 0 Å². The second kappa shape index (κ2) is 4.78. The fraction of sp³-hybridized carbons (Fsp3) is 0.769. The molecule has 2 unspecified atom stereocenters. The largest absolute Gasteiger partial charge is 0.385 e. The van der Waals surface area contributed by atoms with E-state index < -0.39 is 5.60 Å². The van der Waals surface area contributed by atoms with Gasteiger partial charge in [-0.25, -0.2) is 0 Å². The topological polar surface area (TPSA) is 47.3 Å². The summed E-state index contributed by atoms with van der Waals surface area (Å²) in [6.07, 6.45) is 6.30. The zero-order chi connectivity index (χ0) is 12.5. The normalized spacial score (nSPS) is 33.9. The van der Waals surface area contributed by atoms with Crippen molar-refractivity contribution in [2.24, 2.45) is 0 Å². The van der Waals surface area contributed by atoms with Crippen LogP contribution in [0.3, 0.4) is 0 Å². The summed E-state index contributed by atoms with van der Waals surface area (Å²) in [5.41, 5.74) is 0.149. The van der Waals surface area contributed by atoms with Crippen LogP contribution < -0.4 is 0 Å². The Hall–Kier alpha value is -0.870. The van der Waals surface area contributed by atoms with Crippen molar-refractivity contribution >= 4 is 0 Å². The van der Waals surface area contributed by atoms with E-state index in [1.165, 1.54) is 0 Å². The molecule has 0 radical (unpaired) electrons. The van der Waals surface area contributed by atoms with E-state index in [2.05, 4.69) is 12.0 Å². The Bertz CT molecular complexity index is 365. The van der Waals surface area contributed by atoms with Crippen molar-refractivity contribution < 1.29 is 9.84 Å². The molecule has 1 aliphatic rings. The lowest BCUT2D eigenvalue weighted by molar-refractivity contribution is -0.135. The van der Waals surface area contributed by atoms with Crippen LogP contribution >= 0.6 is 0 Å².